The van der Waals surface area contributed by atoms with Crippen LogP contribution in [0.4, 0.5) is 0 Å². The van der Waals surface area contributed by atoms with E-state index in [1.807, 2.05) is 5.01 Å². The molecule has 1 aromatic rings. The second-order valence-electron chi connectivity index (χ2n) is 5.02. The van der Waals surface area contributed by atoms with Gasteiger partial charge in [0.1, 0.15) is 0 Å². The summed E-state index contributed by atoms with van der Waals surface area (Å²) >= 11 is 1.31. The maximum Gasteiger partial charge on any atom is 0.261 e. The highest BCUT2D eigenvalue weighted by molar-refractivity contribution is 7.12. The summed E-state index contributed by atoms with van der Waals surface area (Å²) in [6.45, 7) is 1.45. The van der Waals surface area contributed by atoms with Gasteiger partial charge in [0.25, 0.3) is 11.8 Å². The predicted octanol–water partition coefficient (Wildman–Crippen LogP) is 0.111. The Balaban J connectivity index is 1.60. The molecular formula is C14H20N4O3S. The molecule has 1 aromatic heterocycles. The van der Waals surface area contributed by atoms with Crippen LogP contribution >= 0.6 is 11.3 Å². The Hall–Kier alpha value is -1.93. The Morgan fingerprint density at radius 2 is 1.77 bits per heavy atom. The highest BCUT2D eigenvalue weighted by Gasteiger charge is 2.13. The number of carbonyl (C=O) groups excluding carboxylic acids is 3. The molecule has 1 saturated heterocycles. The van der Waals surface area contributed by atoms with Gasteiger partial charge in [-0.15, -0.1) is 11.3 Å². The van der Waals surface area contributed by atoms with Gasteiger partial charge < -0.3 is 10.6 Å². The Morgan fingerprint density at radius 1 is 1.05 bits per heavy atom. The zero-order chi connectivity index (χ0) is 15.8. The Labute approximate surface area is 133 Å². The van der Waals surface area contributed by atoms with E-state index in [2.05, 4.69) is 16.1 Å². The lowest BCUT2D eigenvalue weighted by Crippen LogP contribution is -2.49. The standard InChI is InChI=1S/C14H20N4O3S/c19-12(9-16-14(21)11-5-4-8-22-11)15-10-13(20)17-18-6-2-1-3-7-18/h4-5,8H,1-3,6-7,9-10H2,(H,15,19)(H,16,21)(H,17,20). The van der Waals surface area contributed by atoms with Crippen LogP contribution < -0.4 is 16.1 Å². The monoisotopic (exact) mass is 324 g/mol. The van der Waals surface area contributed by atoms with Gasteiger partial charge in [0, 0.05) is 13.1 Å². The molecule has 0 radical (unpaired) electrons. The van der Waals surface area contributed by atoms with E-state index in [0.717, 1.165) is 25.9 Å². The van der Waals surface area contributed by atoms with E-state index in [-0.39, 0.29) is 24.9 Å². The van der Waals surface area contributed by atoms with Crippen molar-refractivity contribution in [2.45, 2.75) is 19.3 Å². The van der Waals surface area contributed by atoms with Gasteiger partial charge in [0.05, 0.1) is 18.0 Å². The first kappa shape index (κ1) is 16.4. The average Bonchev–Trinajstić information content (AvgIpc) is 3.06. The molecule has 1 aliphatic rings. The molecule has 8 heteroatoms. The minimum Gasteiger partial charge on any atom is -0.345 e. The quantitative estimate of drug-likeness (QED) is 0.693. The van der Waals surface area contributed by atoms with Gasteiger partial charge in [0.2, 0.25) is 5.91 Å². The van der Waals surface area contributed by atoms with Crippen molar-refractivity contribution in [3.05, 3.63) is 22.4 Å². The molecule has 7 nitrogen and oxygen atoms in total. The lowest BCUT2D eigenvalue weighted by atomic mass is 10.2. The van der Waals surface area contributed by atoms with Crippen molar-refractivity contribution < 1.29 is 14.4 Å². The minimum atomic E-state index is -0.390. The zero-order valence-electron chi connectivity index (χ0n) is 12.3. The third-order valence-corrected chi connectivity index (χ3v) is 4.11. The van der Waals surface area contributed by atoms with E-state index in [1.165, 1.54) is 17.8 Å². The molecule has 22 heavy (non-hydrogen) atoms. The topological polar surface area (TPSA) is 90.5 Å². The molecule has 0 bridgehead atoms. The van der Waals surface area contributed by atoms with Crippen molar-refractivity contribution in [3.63, 3.8) is 0 Å². The summed E-state index contributed by atoms with van der Waals surface area (Å²) in [7, 11) is 0. The fourth-order valence-electron chi connectivity index (χ4n) is 2.12. The number of hydrogen-bond donors (Lipinski definition) is 3. The molecule has 3 amide bonds. The number of rotatable bonds is 6. The van der Waals surface area contributed by atoms with Crippen molar-refractivity contribution in [2.75, 3.05) is 26.2 Å². The summed E-state index contributed by atoms with van der Waals surface area (Å²) in [6.07, 6.45) is 3.33. The zero-order valence-corrected chi connectivity index (χ0v) is 13.1. The fraction of sp³-hybridized carbons (Fsp3) is 0.500. The van der Waals surface area contributed by atoms with E-state index in [4.69, 9.17) is 0 Å². The molecular weight excluding hydrogens is 304 g/mol. The van der Waals surface area contributed by atoms with Gasteiger partial charge in [-0.05, 0) is 24.3 Å². The van der Waals surface area contributed by atoms with Gasteiger partial charge in [-0.2, -0.15) is 0 Å². The summed E-state index contributed by atoms with van der Waals surface area (Å²) < 4.78 is 0. The molecule has 0 unspecified atom stereocenters. The second kappa shape index (κ2) is 8.50. The highest BCUT2D eigenvalue weighted by atomic mass is 32.1. The first-order valence-corrected chi connectivity index (χ1v) is 8.16. The number of amides is 3. The number of carbonyl (C=O) groups is 3. The van der Waals surface area contributed by atoms with Crippen LogP contribution in [0.2, 0.25) is 0 Å². The third kappa shape index (κ3) is 5.45. The number of hydrazine groups is 1. The minimum absolute atomic E-state index is 0.0930. The molecule has 3 N–H and O–H groups in total. The first-order valence-electron chi connectivity index (χ1n) is 7.28. The average molecular weight is 324 g/mol. The normalized spacial score (nSPS) is 15.1. The Kier molecular flexibility index (Phi) is 6.35. The Morgan fingerprint density at radius 3 is 2.45 bits per heavy atom. The molecule has 0 saturated carbocycles. The first-order chi connectivity index (χ1) is 10.6. The van der Waals surface area contributed by atoms with Crippen LogP contribution in [0.15, 0.2) is 17.5 Å². The largest absolute Gasteiger partial charge is 0.345 e. The van der Waals surface area contributed by atoms with Gasteiger partial charge in [-0.1, -0.05) is 12.5 Å². The van der Waals surface area contributed by atoms with Gasteiger partial charge >= 0.3 is 0 Å². The summed E-state index contributed by atoms with van der Waals surface area (Å²) in [5.41, 5.74) is 2.76. The number of nitrogens with zero attached hydrogens (tertiary/aromatic N) is 1. The van der Waals surface area contributed by atoms with Crippen molar-refractivity contribution in [1.82, 2.24) is 21.1 Å². The number of hydrogen-bond acceptors (Lipinski definition) is 5. The highest BCUT2D eigenvalue weighted by Crippen LogP contribution is 2.07. The van der Waals surface area contributed by atoms with Crippen LogP contribution in [0.3, 0.4) is 0 Å². The van der Waals surface area contributed by atoms with E-state index in [9.17, 15) is 14.4 Å². The van der Waals surface area contributed by atoms with Crippen LogP contribution in [-0.4, -0.2) is 48.9 Å². The van der Waals surface area contributed by atoms with Crippen LogP contribution in [0.25, 0.3) is 0 Å². The molecule has 1 aliphatic heterocycles. The van der Waals surface area contributed by atoms with Crippen molar-refractivity contribution in [3.8, 4) is 0 Å². The number of thiophene rings is 1. The molecule has 0 spiro atoms. The van der Waals surface area contributed by atoms with Gasteiger partial charge in [-0.3, -0.25) is 19.8 Å². The molecule has 2 heterocycles. The van der Waals surface area contributed by atoms with Crippen molar-refractivity contribution >= 4 is 29.1 Å². The summed E-state index contributed by atoms with van der Waals surface area (Å²) in [6, 6.07) is 3.45. The summed E-state index contributed by atoms with van der Waals surface area (Å²) in [5, 5.41) is 8.65. The van der Waals surface area contributed by atoms with E-state index < -0.39 is 5.91 Å². The van der Waals surface area contributed by atoms with E-state index in [0.29, 0.717) is 4.88 Å². The van der Waals surface area contributed by atoms with E-state index in [1.54, 1.807) is 17.5 Å². The SMILES string of the molecule is O=C(CNC(=O)c1cccs1)NCC(=O)NN1CCCCC1. The van der Waals surface area contributed by atoms with E-state index >= 15 is 0 Å². The third-order valence-electron chi connectivity index (χ3n) is 3.24. The molecule has 0 aromatic carbocycles. The van der Waals surface area contributed by atoms with Gasteiger partial charge in [0.15, 0.2) is 0 Å². The van der Waals surface area contributed by atoms with Crippen LogP contribution in [0, 0.1) is 0 Å². The maximum absolute atomic E-state index is 11.7. The smallest absolute Gasteiger partial charge is 0.261 e. The van der Waals surface area contributed by atoms with Crippen LogP contribution in [0.5, 0.6) is 0 Å². The molecule has 120 valence electrons. The van der Waals surface area contributed by atoms with Gasteiger partial charge in [-0.25, -0.2) is 5.01 Å². The lowest BCUT2D eigenvalue weighted by Gasteiger charge is -2.26. The maximum atomic E-state index is 11.7. The molecule has 0 aliphatic carbocycles. The summed E-state index contributed by atoms with van der Waals surface area (Å²) in [5.74, 6) is -0.929. The molecule has 1 fully saturated rings. The second-order valence-corrected chi connectivity index (χ2v) is 5.97. The number of piperidine rings is 1. The number of nitrogens with one attached hydrogen (secondary N) is 3. The molecule has 0 atom stereocenters. The molecule has 2 rings (SSSR count). The van der Waals surface area contributed by atoms with Crippen molar-refractivity contribution in [2.24, 2.45) is 0 Å². The van der Waals surface area contributed by atoms with Crippen LogP contribution in [0.1, 0.15) is 28.9 Å². The predicted molar refractivity (Wildman–Crippen MR) is 83.2 cm³/mol. The lowest BCUT2D eigenvalue weighted by molar-refractivity contribution is -0.128. The van der Waals surface area contributed by atoms with Crippen molar-refractivity contribution in [1.29, 1.82) is 0 Å². The Bertz CT molecular complexity index is 512. The van der Waals surface area contributed by atoms with Crippen LogP contribution in [-0.2, 0) is 9.59 Å². The fourth-order valence-corrected chi connectivity index (χ4v) is 2.76. The summed E-state index contributed by atoms with van der Waals surface area (Å²) in [4.78, 5) is 35.5.